The summed E-state index contributed by atoms with van der Waals surface area (Å²) in [5.74, 6) is 0.883. The lowest BCUT2D eigenvalue weighted by atomic mass is 10.1. The maximum absolute atomic E-state index is 12.8. The van der Waals surface area contributed by atoms with Crippen LogP contribution in [-0.2, 0) is 4.74 Å². The van der Waals surface area contributed by atoms with Crippen molar-refractivity contribution in [3.63, 3.8) is 0 Å². The van der Waals surface area contributed by atoms with Gasteiger partial charge in [-0.3, -0.25) is 9.69 Å². The van der Waals surface area contributed by atoms with Crippen molar-refractivity contribution in [2.75, 3.05) is 38.2 Å². The van der Waals surface area contributed by atoms with Gasteiger partial charge in [0.15, 0.2) is 0 Å². The van der Waals surface area contributed by atoms with Crippen LogP contribution >= 0.6 is 0 Å². The van der Waals surface area contributed by atoms with Gasteiger partial charge in [0.2, 0.25) is 0 Å². The average Bonchev–Trinajstić information content (AvgIpc) is 3.35. The Bertz CT molecular complexity index is 851. The van der Waals surface area contributed by atoms with Crippen molar-refractivity contribution >= 4 is 22.6 Å². The van der Waals surface area contributed by atoms with Crippen LogP contribution in [0.2, 0.25) is 0 Å². The second-order valence-corrected chi connectivity index (χ2v) is 7.66. The number of aromatic nitrogens is 1. The standard InChI is InChI=1S/C20H24N4O2/c1-23-8-9-26-18-12-24(11-17(18)23)19-10-15(20(25)21-13-6-7-13)14-4-2-3-5-16(14)22-19/h2-5,10,13,17-18H,6-9,11-12H2,1H3,(H,21,25). The number of hydrogen-bond donors (Lipinski definition) is 1. The van der Waals surface area contributed by atoms with Crippen molar-refractivity contribution in [3.05, 3.63) is 35.9 Å². The molecule has 3 aliphatic rings. The third kappa shape index (κ3) is 2.83. The third-order valence-electron chi connectivity index (χ3n) is 5.76. The predicted molar refractivity (Wildman–Crippen MR) is 101 cm³/mol. The van der Waals surface area contributed by atoms with Gasteiger partial charge in [0.25, 0.3) is 5.91 Å². The lowest BCUT2D eigenvalue weighted by Gasteiger charge is -2.33. The molecule has 6 nitrogen and oxygen atoms in total. The molecule has 0 bridgehead atoms. The molecule has 0 radical (unpaired) electrons. The molecule has 3 fully saturated rings. The van der Waals surface area contributed by atoms with Crippen molar-refractivity contribution in [2.45, 2.75) is 31.0 Å². The number of fused-ring (bicyclic) bond motifs is 2. The number of morpholine rings is 1. The van der Waals surface area contributed by atoms with Gasteiger partial charge in [0.1, 0.15) is 5.82 Å². The van der Waals surface area contributed by atoms with E-state index in [0.29, 0.717) is 12.1 Å². The number of para-hydroxylation sites is 1. The van der Waals surface area contributed by atoms with Crippen molar-refractivity contribution in [1.82, 2.24) is 15.2 Å². The van der Waals surface area contributed by atoms with E-state index in [-0.39, 0.29) is 12.0 Å². The van der Waals surface area contributed by atoms with Crippen LogP contribution in [0.15, 0.2) is 30.3 Å². The van der Waals surface area contributed by atoms with Crippen LogP contribution in [0.3, 0.4) is 0 Å². The predicted octanol–water partition coefficient (Wildman–Crippen LogP) is 1.65. The summed E-state index contributed by atoms with van der Waals surface area (Å²) < 4.78 is 5.96. The maximum atomic E-state index is 12.8. The molecule has 2 saturated heterocycles. The van der Waals surface area contributed by atoms with E-state index in [1.165, 1.54) is 0 Å². The molecular weight excluding hydrogens is 328 g/mol. The monoisotopic (exact) mass is 352 g/mol. The molecule has 136 valence electrons. The number of amides is 1. The fourth-order valence-corrected chi connectivity index (χ4v) is 4.05. The van der Waals surface area contributed by atoms with Crippen molar-refractivity contribution in [2.24, 2.45) is 0 Å². The molecule has 1 amide bonds. The highest BCUT2D eigenvalue weighted by atomic mass is 16.5. The number of nitrogens with one attached hydrogen (secondary N) is 1. The van der Waals surface area contributed by atoms with E-state index in [2.05, 4.69) is 22.2 Å². The van der Waals surface area contributed by atoms with Gasteiger partial charge in [-0.1, -0.05) is 18.2 Å². The Hall–Kier alpha value is -2.18. The number of ether oxygens (including phenoxy) is 1. The summed E-state index contributed by atoms with van der Waals surface area (Å²) >= 11 is 0. The first-order valence-corrected chi connectivity index (χ1v) is 9.46. The number of hydrogen-bond acceptors (Lipinski definition) is 5. The molecule has 1 aromatic carbocycles. The van der Waals surface area contributed by atoms with E-state index >= 15 is 0 Å². The Labute approximate surface area is 153 Å². The molecule has 1 aromatic heterocycles. The molecule has 2 aliphatic heterocycles. The minimum absolute atomic E-state index is 0.0114. The number of nitrogens with zero attached hydrogens (tertiary/aromatic N) is 3. The number of carbonyl (C=O) groups is 1. The largest absolute Gasteiger partial charge is 0.373 e. The fourth-order valence-electron chi connectivity index (χ4n) is 4.05. The van der Waals surface area contributed by atoms with E-state index in [4.69, 9.17) is 9.72 Å². The normalized spacial score (nSPS) is 26.1. The second kappa shape index (κ2) is 6.21. The van der Waals surface area contributed by atoms with Gasteiger partial charge in [-0.2, -0.15) is 0 Å². The number of pyridine rings is 1. The molecule has 1 aliphatic carbocycles. The highest BCUT2D eigenvalue weighted by Gasteiger charge is 2.39. The molecule has 1 saturated carbocycles. The van der Waals surface area contributed by atoms with Gasteiger partial charge in [-0.15, -0.1) is 0 Å². The van der Waals surface area contributed by atoms with Gasteiger partial charge in [-0.05, 0) is 32.0 Å². The maximum Gasteiger partial charge on any atom is 0.252 e. The second-order valence-electron chi connectivity index (χ2n) is 7.66. The molecule has 3 heterocycles. The molecular formula is C20H24N4O2. The summed E-state index contributed by atoms with van der Waals surface area (Å²) in [5.41, 5.74) is 1.59. The van der Waals surface area contributed by atoms with Gasteiger partial charge >= 0.3 is 0 Å². The molecule has 0 spiro atoms. The van der Waals surface area contributed by atoms with E-state index in [1.54, 1.807) is 0 Å². The minimum atomic E-state index is 0.0114. The van der Waals surface area contributed by atoms with Crippen molar-refractivity contribution in [1.29, 1.82) is 0 Å². The van der Waals surface area contributed by atoms with Crippen molar-refractivity contribution < 1.29 is 9.53 Å². The quantitative estimate of drug-likeness (QED) is 0.910. The zero-order valence-corrected chi connectivity index (χ0v) is 15.0. The first-order valence-electron chi connectivity index (χ1n) is 9.46. The Balaban J connectivity index is 1.50. The molecule has 26 heavy (non-hydrogen) atoms. The lowest BCUT2D eigenvalue weighted by Crippen LogP contribution is -2.48. The SMILES string of the molecule is CN1CCOC2CN(c3cc(C(=O)NC4CC4)c4ccccc4n3)CC21. The summed E-state index contributed by atoms with van der Waals surface area (Å²) in [6, 6.07) is 10.6. The highest BCUT2D eigenvalue weighted by molar-refractivity contribution is 6.07. The Morgan fingerprint density at radius 1 is 1.27 bits per heavy atom. The van der Waals surface area contributed by atoms with Crippen LogP contribution in [0.1, 0.15) is 23.2 Å². The highest BCUT2D eigenvalue weighted by Crippen LogP contribution is 2.29. The first-order chi connectivity index (χ1) is 12.7. The van der Waals surface area contributed by atoms with Gasteiger partial charge in [-0.25, -0.2) is 4.98 Å². The first kappa shape index (κ1) is 16.0. The van der Waals surface area contributed by atoms with Crippen LogP contribution in [0.5, 0.6) is 0 Å². The van der Waals surface area contributed by atoms with Crippen LogP contribution in [0.4, 0.5) is 5.82 Å². The Morgan fingerprint density at radius 3 is 2.92 bits per heavy atom. The molecule has 2 atom stereocenters. The minimum Gasteiger partial charge on any atom is -0.373 e. The smallest absolute Gasteiger partial charge is 0.252 e. The zero-order valence-electron chi connectivity index (χ0n) is 15.0. The number of rotatable bonds is 3. The summed E-state index contributed by atoms with van der Waals surface area (Å²) in [5, 5.41) is 4.03. The number of likely N-dealkylation sites (N-methyl/N-ethyl adjacent to an activating group) is 1. The average molecular weight is 352 g/mol. The number of carbonyl (C=O) groups excluding carboxylic acids is 1. The van der Waals surface area contributed by atoms with Gasteiger partial charge in [0.05, 0.1) is 29.8 Å². The summed E-state index contributed by atoms with van der Waals surface area (Å²) in [4.78, 5) is 22.3. The lowest BCUT2D eigenvalue weighted by molar-refractivity contribution is -0.0362. The van der Waals surface area contributed by atoms with E-state index in [9.17, 15) is 4.79 Å². The van der Waals surface area contributed by atoms with Crippen LogP contribution in [-0.4, -0.2) is 67.3 Å². The molecule has 6 heteroatoms. The molecule has 5 rings (SSSR count). The number of benzene rings is 1. The molecule has 2 aromatic rings. The van der Waals surface area contributed by atoms with Crippen molar-refractivity contribution in [3.8, 4) is 0 Å². The molecule has 2 unspecified atom stereocenters. The van der Waals surface area contributed by atoms with Gasteiger partial charge < -0.3 is 15.0 Å². The molecule has 1 N–H and O–H groups in total. The van der Waals surface area contributed by atoms with E-state index in [0.717, 1.165) is 61.4 Å². The van der Waals surface area contributed by atoms with E-state index < -0.39 is 0 Å². The van der Waals surface area contributed by atoms with E-state index in [1.807, 2.05) is 30.3 Å². The Kier molecular flexibility index (Phi) is 3.83. The zero-order chi connectivity index (χ0) is 17.7. The number of anilines is 1. The van der Waals surface area contributed by atoms with Gasteiger partial charge in [0, 0.05) is 31.1 Å². The van der Waals surface area contributed by atoms with Crippen LogP contribution in [0, 0.1) is 0 Å². The van der Waals surface area contributed by atoms with Crippen LogP contribution in [0.25, 0.3) is 10.9 Å². The summed E-state index contributed by atoms with van der Waals surface area (Å²) in [6.07, 6.45) is 2.38. The summed E-state index contributed by atoms with van der Waals surface area (Å²) in [6.45, 7) is 3.46. The third-order valence-corrected chi connectivity index (χ3v) is 5.76. The Morgan fingerprint density at radius 2 is 2.12 bits per heavy atom. The topological polar surface area (TPSA) is 57.7 Å². The fraction of sp³-hybridized carbons (Fsp3) is 0.500. The summed E-state index contributed by atoms with van der Waals surface area (Å²) in [7, 11) is 2.16. The van der Waals surface area contributed by atoms with Crippen LogP contribution < -0.4 is 10.2 Å².